The first-order valence-electron chi connectivity index (χ1n) is 7.17. The number of nitrogens with zero attached hydrogens (tertiary/aromatic N) is 2. The zero-order valence-electron chi connectivity index (χ0n) is 12.5. The fraction of sp³-hybridized carbons (Fsp3) is 0.467. The van der Waals surface area contributed by atoms with Crippen LogP contribution in [0.2, 0.25) is 0 Å². The summed E-state index contributed by atoms with van der Waals surface area (Å²) >= 11 is 0. The maximum atomic E-state index is 12.2. The van der Waals surface area contributed by atoms with Crippen LogP contribution in [-0.2, 0) is 0 Å². The lowest BCUT2D eigenvalue weighted by molar-refractivity contribution is 0.100. The molecule has 3 N–H and O–H groups in total. The molecule has 0 unspecified atom stereocenters. The van der Waals surface area contributed by atoms with Gasteiger partial charge in [0, 0.05) is 43.5 Å². The third-order valence-electron chi connectivity index (χ3n) is 3.75. The molecule has 1 aromatic rings. The van der Waals surface area contributed by atoms with E-state index in [2.05, 4.69) is 24.1 Å². The number of benzene rings is 1. The number of carbonyl (C=O) groups excluding carboxylic acids is 2. The van der Waals surface area contributed by atoms with Gasteiger partial charge in [0.2, 0.25) is 5.91 Å². The number of carbonyl (C=O) groups is 2. The Morgan fingerprint density at radius 1 is 1.10 bits per heavy atom. The minimum absolute atomic E-state index is 0.106. The summed E-state index contributed by atoms with van der Waals surface area (Å²) in [6.07, 6.45) is 0. The molecule has 0 saturated carbocycles. The molecule has 0 aliphatic carbocycles. The van der Waals surface area contributed by atoms with Crippen LogP contribution in [0.5, 0.6) is 0 Å². The number of anilines is 1. The molecule has 1 fully saturated rings. The standard InChI is InChI=1S/C15H22N4O2/c1-11(2)18-7-9-19(10-8-18)15(21)17-13-5-3-12(4-6-13)14(16)20/h3-6,11H,7-10H2,1-2H3,(H2,16,20)(H,17,21). The van der Waals surface area contributed by atoms with Gasteiger partial charge in [-0.1, -0.05) is 0 Å². The maximum absolute atomic E-state index is 12.2. The van der Waals surface area contributed by atoms with Crippen LogP contribution in [0, 0.1) is 0 Å². The Hall–Kier alpha value is -2.08. The fourth-order valence-corrected chi connectivity index (χ4v) is 2.36. The van der Waals surface area contributed by atoms with Crippen molar-refractivity contribution in [2.24, 2.45) is 5.73 Å². The van der Waals surface area contributed by atoms with Crippen LogP contribution in [0.25, 0.3) is 0 Å². The van der Waals surface area contributed by atoms with E-state index < -0.39 is 5.91 Å². The molecule has 0 aromatic heterocycles. The summed E-state index contributed by atoms with van der Waals surface area (Å²) in [7, 11) is 0. The average molecular weight is 290 g/mol. The Kier molecular flexibility index (Phi) is 4.80. The topological polar surface area (TPSA) is 78.7 Å². The number of hydrogen-bond donors (Lipinski definition) is 2. The highest BCUT2D eigenvalue weighted by molar-refractivity contribution is 5.94. The number of primary amides is 1. The van der Waals surface area contributed by atoms with Crippen molar-refractivity contribution in [3.05, 3.63) is 29.8 Å². The Bertz CT molecular complexity index is 505. The smallest absolute Gasteiger partial charge is 0.321 e. The summed E-state index contributed by atoms with van der Waals surface area (Å²) in [5.74, 6) is -0.474. The van der Waals surface area contributed by atoms with Crippen molar-refractivity contribution < 1.29 is 9.59 Å². The molecule has 0 spiro atoms. The third-order valence-corrected chi connectivity index (χ3v) is 3.75. The monoisotopic (exact) mass is 290 g/mol. The summed E-state index contributed by atoms with van der Waals surface area (Å²) < 4.78 is 0. The van der Waals surface area contributed by atoms with Crippen LogP contribution in [-0.4, -0.2) is 54.0 Å². The van der Waals surface area contributed by atoms with Gasteiger partial charge in [-0.15, -0.1) is 0 Å². The van der Waals surface area contributed by atoms with Crippen LogP contribution in [0.3, 0.4) is 0 Å². The van der Waals surface area contributed by atoms with Gasteiger partial charge in [-0.25, -0.2) is 4.79 Å². The molecule has 1 aromatic carbocycles. The molecule has 21 heavy (non-hydrogen) atoms. The summed E-state index contributed by atoms with van der Waals surface area (Å²) in [6.45, 7) is 7.57. The molecule has 2 rings (SSSR count). The van der Waals surface area contributed by atoms with Gasteiger partial charge in [-0.3, -0.25) is 9.69 Å². The van der Waals surface area contributed by atoms with E-state index in [1.54, 1.807) is 29.2 Å². The number of nitrogens with two attached hydrogens (primary N) is 1. The number of amides is 3. The molecule has 1 heterocycles. The quantitative estimate of drug-likeness (QED) is 0.882. The number of urea groups is 1. The number of rotatable bonds is 3. The van der Waals surface area contributed by atoms with Gasteiger partial charge in [0.25, 0.3) is 0 Å². The second kappa shape index (κ2) is 6.58. The van der Waals surface area contributed by atoms with E-state index in [0.717, 1.165) is 26.2 Å². The summed E-state index contributed by atoms with van der Waals surface area (Å²) in [5, 5.41) is 2.84. The first-order valence-corrected chi connectivity index (χ1v) is 7.17. The molecular weight excluding hydrogens is 268 g/mol. The van der Waals surface area contributed by atoms with E-state index in [9.17, 15) is 9.59 Å². The van der Waals surface area contributed by atoms with E-state index in [1.165, 1.54) is 0 Å². The highest BCUT2D eigenvalue weighted by Crippen LogP contribution is 2.12. The van der Waals surface area contributed by atoms with Gasteiger partial charge >= 0.3 is 6.03 Å². The van der Waals surface area contributed by atoms with Crippen molar-refractivity contribution >= 4 is 17.6 Å². The van der Waals surface area contributed by atoms with Crippen molar-refractivity contribution in [1.82, 2.24) is 9.80 Å². The van der Waals surface area contributed by atoms with Crippen LogP contribution in [0.1, 0.15) is 24.2 Å². The zero-order chi connectivity index (χ0) is 15.4. The SMILES string of the molecule is CC(C)N1CCN(C(=O)Nc2ccc(C(N)=O)cc2)CC1. The molecule has 0 radical (unpaired) electrons. The Balaban J connectivity index is 1.89. The van der Waals surface area contributed by atoms with Crippen LogP contribution in [0.15, 0.2) is 24.3 Å². The number of piperazine rings is 1. The van der Waals surface area contributed by atoms with Gasteiger partial charge in [-0.05, 0) is 38.1 Å². The van der Waals surface area contributed by atoms with Crippen molar-refractivity contribution in [3.63, 3.8) is 0 Å². The Morgan fingerprint density at radius 3 is 2.14 bits per heavy atom. The molecule has 1 aliphatic heterocycles. The fourth-order valence-electron chi connectivity index (χ4n) is 2.36. The molecule has 0 atom stereocenters. The van der Waals surface area contributed by atoms with Crippen LogP contribution in [0.4, 0.5) is 10.5 Å². The largest absolute Gasteiger partial charge is 0.366 e. The van der Waals surface area contributed by atoms with Crippen molar-refractivity contribution in [2.75, 3.05) is 31.5 Å². The summed E-state index contributed by atoms with van der Waals surface area (Å²) in [6, 6.07) is 6.98. The van der Waals surface area contributed by atoms with E-state index in [-0.39, 0.29) is 6.03 Å². The van der Waals surface area contributed by atoms with Crippen molar-refractivity contribution in [1.29, 1.82) is 0 Å². The summed E-state index contributed by atoms with van der Waals surface area (Å²) in [4.78, 5) is 27.3. The van der Waals surface area contributed by atoms with Crippen molar-refractivity contribution in [3.8, 4) is 0 Å². The average Bonchev–Trinajstić information content (AvgIpc) is 2.47. The van der Waals surface area contributed by atoms with Crippen LogP contribution >= 0.6 is 0 Å². The first-order chi connectivity index (χ1) is 9.97. The maximum Gasteiger partial charge on any atom is 0.321 e. The highest BCUT2D eigenvalue weighted by atomic mass is 16.2. The molecule has 1 saturated heterocycles. The molecule has 6 nitrogen and oxygen atoms in total. The lowest BCUT2D eigenvalue weighted by Crippen LogP contribution is -2.51. The molecular formula is C15H22N4O2. The van der Waals surface area contributed by atoms with E-state index in [0.29, 0.717) is 17.3 Å². The minimum Gasteiger partial charge on any atom is -0.366 e. The lowest BCUT2D eigenvalue weighted by atomic mass is 10.2. The van der Waals surface area contributed by atoms with E-state index in [1.807, 2.05) is 0 Å². The predicted octanol–water partition coefficient (Wildman–Crippen LogP) is 1.34. The van der Waals surface area contributed by atoms with Gasteiger partial charge in [0.15, 0.2) is 0 Å². The molecule has 114 valence electrons. The Labute approximate surface area is 124 Å². The van der Waals surface area contributed by atoms with Crippen LogP contribution < -0.4 is 11.1 Å². The molecule has 1 aliphatic rings. The number of nitrogens with one attached hydrogen (secondary N) is 1. The van der Waals surface area contributed by atoms with Crippen molar-refractivity contribution in [2.45, 2.75) is 19.9 Å². The minimum atomic E-state index is -0.474. The highest BCUT2D eigenvalue weighted by Gasteiger charge is 2.22. The Morgan fingerprint density at radius 2 is 1.67 bits per heavy atom. The van der Waals surface area contributed by atoms with Gasteiger partial charge in [0.1, 0.15) is 0 Å². The zero-order valence-corrected chi connectivity index (χ0v) is 12.5. The second-order valence-corrected chi connectivity index (χ2v) is 5.49. The van der Waals surface area contributed by atoms with Gasteiger partial charge in [-0.2, -0.15) is 0 Å². The van der Waals surface area contributed by atoms with E-state index >= 15 is 0 Å². The first kappa shape index (κ1) is 15.3. The third kappa shape index (κ3) is 3.95. The number of hydrogen-bond acceptors (Lipinski definition) is 3. The predicted molar refractivity (Wildman–Crippen MR) is 82.3 cm³/mol. The summed E-state index contributed by atoms with van der Waals surface area (Å²) in [5.41, 5.74) is 6.27. The van der Waals surface area contributed by atoms with Gasteiger partial charge in [0.05, 0.1) is 0 Å². The molecule has 3 amide bonds. The molecule has 0 bridgehead atoms. The van der Waals surface area contributed by atoms with Gasteiger partial charge < -0.3 is 16.0 Å². The lowest BCUT2D eigenvalue weighted by Gasteiger charge is -2.36. The second-order valence-electron chi connectivity index (χ2n) is 5.49. The normalized spacial score (nSPS) is 16.0. The molecule has 6 heteroatoms. The van der Waals surface area contributed by atoms with E-state index in [4.69, 9.17) is 5.73 Å².